The van der Waals surface area contributed by atoms with Gasteiger partial charge in [0, 0.05) is 23.3 Å². The van der Waals surface area contributed by atoms with E-state index < -0.39 is 6.04 Å². The van der Waals surface area contributed by atoms with Gasteiger partial charge in [-0.1, -0.05) is 36.4 Å². The molecule has 1 aromatic heterocycles. The van der Waals surface area contributed by atoms with Gasteiger partial charge in [-0.05, 0) is 30.0 Å². The molecule has 0 spiro atoms. The van der Waals surface area contributed by atoms with Gasteiger partial charge in [0.2, 0.25) is 11.8 Å². The Hall–Kier alpha value is -3.10. The fraction of sp³-hybridized carbons (Fsp3) is 0.227. The molecule has 0 saturated carbocycles. The predicted octanol–water partition coefficient (Wildman–Crippen LogP) is 3.94. The maximum absolute atomic E-state index is 13.1. The van der Waals surface area contributed by atoms with Gasteiger partial charge in [-0.3, -0.25) is 9.59 Å². The standard InChI is InChI=1S/C22H22N4O3S/c1-29-13-17-20(14-7-4-3-5-8-14)21-24-19(27)12-18(26(21)25-17)22(28)23-15-9-6-10-16(11-15)30-2/h3-11,18H,12-13H2,1-2H3,(H,23,28)(H,24,27). The molecule has 0 aliphatic carbocycles. The lowest BCUT2D eigenvalue weighted by Crippen LogP contribution is -2.35. The van der Waals surface area contributed by atoms with Gasteiger partial charge in [0.15, 0.2) is 0 Å². The molecular formula is C22H22N4O3S. The average molecular weight is 423 g/mol. The molecule has 0 fully saturated rings. The lowest BCUT2D eigenvalue weighted by Gasteiger charge is -2.24. The molecule has 2 N–H and O–H groups in total. The van der Waals surface area contributed by atoms with Crippen molar-refractivity contribution < 1.29 is 14.3 Å². The normalized spacial score (nSPS) is 15.4. The van der Waals surface area contributed by atoms with Crippen LogP contribution in [-0.2, 0) is 20.9 Å². The van der Waals surface area contributed by atoms with Crippen LogP contribution in [-0.4, -0.2) is 35.0 Å². The monoisotopic (exact) mass is 422 g/mol. The number of benzene rings is 2. The number of anilines is 2. The topological polar surface area (TPSA) is 85.2 Å². The van der Waals surface area contributed by atoms with E-state index in [9.17, 15) is 9.59 Å². The lowest BCUT2D eigenvalue weighted by atomic mass is 10.0. The van der Waals surface area contributed by atoms with Crippen LogP contribution in [0.1, 0.15) is 18.2 Å². The first-order valence-corrected chi connectivity index (χ1v) is 10.7. The molecule has 1 atom stereocenters. The van der Waals surface area contributed by atoms with Crippen molar-refractivity contribution in [3.8, 4) is 11.1 Å². The summed E-state index contributed by atoms with van der Waals surface area (Å²) in [5.74, 6) is 0.0134. The summed E-state index contributed by atoms with van der Waals surface area (Å²) >= 11 is 1.60. The number of hydrogen-bond donors (Lipinski definition) is 2. The molecule has 3 aromatic rings. The minimum Gasteiger partial charge on any atom is -0.378 e. The molecule has 0 radical (unpaired) electrons. The van der Waals surface area contributed by atoms with Gasteiger partial charge in [0.05, 0.1) is 18.7 Å². The second-order valence-electron chi connectivity index (χ2n) is 6.90. The van der Waals surface area contributed by atoms with Crippen LogP contribution < -0.4 is 10.6 Å². The first kappa shape index (κ1) is 20.2. The summed E-state index contributed by atoms with van der Waals surface area (Å²) in [5.41, 5.74) is 3.03. The van der Waals surface area contributed by atoms with Crippen molar-refractivity contribution in [3.05, 3.63) is 60.3 Å². The molecule has 4 rings (SSSR count). The van der Waals surface area contributed by atoms with Crippen LogP contribution in [0.3, 0.4) is 0 Å². The number of aromatic nitrogens is 2. The van der Waals surface area contributed by atoms with E-state index >= 15 is 0 Å². The number of thioether (sulfide) groups is 1. The maximum Gasteiger partial charge on any atom is 0.249 e. The maximum atomic E-state index is 13.1. The Morgan fingerprint density at radius 1 is 1.27 bits per heavy atom. The fourth-order valence-corrected chi connectivity index (χ4v) is 4.01. The van der Waals surface area contributed by atoms with Crippen molar-refractivity contribution in [1.29, 1.82) is 0 Å². The van der Waals surface area contributed by atoms with E-state index in [0.29, 0.717) is 17.2 Å². The SMILES string of the molecule is COCc1nn2c(c1-c1ccccc1)NC(=O)CC2C(=O)Nc1cccc(SC)c1. The van der Waals surface area contributed by atoms with Crippen LogP contribution in [0.2, 0.25) is 0 Å². The molecule has 2 heterocycles. The molecule has 8 heteroatoms. The highest BCUT2D eigenvalue weighted by Crippen LogP contribution is 2.37. The summed E-state index contributed by atoms with van der Waals surface area (Å²) in [6, 6.07) is 16.5. The van der Waals surface area contributed by atoms with Gasteiger partial charge >= 0.3 is 0 Å². The number of amides is 2. The molecule has 0 saturated heterocycles. The summed E-state index contributed by atoms with van der Waals surface area (Å²) in [7, 11) is 1.59. The van der Waals surface area contributed by atoms with E-state index in [1.807, 2.05) is 60.9 Å². The minimum absolute atomic E-state index is 0.0172. The van der Waals surface area contributed by atoms with Gasteiger partial charge in [-0.25, -0.2) is 4.68 Å². The Kier molecular flexibility index (Phi) is 5.87. The fourth-order valence-electron chi connectivity index (χ4n) is 3.55. The molecule has 30 heavy (non-hydrogen) atoms. The predicted molar refractivity (Wildman–Crippen MR) is 118 cm³/mol. The lowest BCUT2D eigenvalue weighted by molar-refractivity contribution is -0.125. The number of carbonyl (C=O) groups is 2. The molecule has 1 aliphatic rings. The zero-order valence-corrected chi connectivity index (χ0v) is 17.5. The highest BCUT2D eigenvalue weighted by molar-refractivity contribution is 7.98. The van der Waals surface area contributed by atoms with Crippen LogP contribution >= 0.6 is 11.8 Å². The Morgan fingerprint density at radius 2 is 2.07 bits per heavy atom. The highest BCUT2D eigenvalue weighted by Gasteiger charge is 2.35. The Labute approximate surface area is 178 Å². The number of nitrogens with one attached hydrogen (secondary N) is 2. The molecule has 1 unspecified atom stereocenters. The molecule has 7 nitrogen and oxygen atoms in total. The first-order chi connectivity index (χ1) is 14.6. The van der Waals surface area contributed by atoms with Gasteiger partial charge in [0.25, 0.3) is 0 Å². The van der Waals surface area contributed by atoms with Crippen molar-refractivity contribution in [2.24, 2.45) is 0 Å². The Balaban J connectivity index is 1.72. The Morgan fingerprint density at radius 3 is 2.80 bits per heavy atom. The van der Waals surface area contributed by atoms with E-state index in [1.165, 1.54) is 0 Å². The summed E-state index contributed by atoms with van der Waals surface area (Å²) in [6.07, 6.45) is 1.99. The average Bonchev–Trinajstić information content (AvgIpc) is 3.11. The molecule has 0 bridgehead atoms. The zero-order chi connectivity index (χ0) is 21.1. The quantitative estimate of drug-likeness (QED) is 0.588. The molecule has 2 aromatic carbocycles. The number of ether oxygens (including phenoxy) is 1. The number of nitrogens with zero attached hydrogens (tertiary/aromatic N) is 2. The van der Waals surface area contributed by atoms with E-state index in [4.69, 9.17) is 4.74 Å². The first-order valence-electron chi connectivity index (χ1n) is 9.51. The summed E-state index contributed by atoms with van der Waals surface area (Å²) in [5, 5.41) is 10.5. The van der Waals surface area contributed by atoms with Gasteiger partial charge < -0.3 is 15.4 Å². The van der Waals surface area contributed by atoms with Crippen molar-refractivity contribution in [3.63, 3.8) is 0 Å². The molecule has 2 amide bonds. The molecule has 154 valence electrons. The molecular weight excluding hydrogens is 400 g/mol. The van der Waals surface area contributed by atoms with Crippen LogP contribution in [0, 0.1) is 0 Å². The minimum atomic E-state index is -0.750. The summed E-state index contributed by atoms with van der Waals surface area (Å²) in [4.78, 5) is 26.6. The number of carbonyl (C=O) groups excluding carboxylic acids is 2. The zero-order valence-electron chi connectivity index (χ0n) is 16.7. The van der Waals surface area contributed by atoms with Gasteiger partial charge in [-0.2, -0.15) is 5.10 Å². The number of fused-ring (bicyclic) bond motifs is 1. The molecule has 1 aliphatic heterocycles. The van der Waals surface area contributed by atoms with Crippen molar-refractivity contribution in [1.82, 2.24) is 9.78 Å². The number of methoxy groups -OCH3 is 1. The van der Waals surface area contributed by atoms with Gasteiger partial charge in [0.1, 0.15) is 11.9 Å². The third kappa shape index (κ3) is 3.96. The smallest absolute Gasteiger partial charge is 0.249 e. The largest absolute Gasteiger partial charge is 0.378 e. The second kappa shape index (κ2) is 8.73. The number of hydrogen-bond acceptors (Lipinski definition) is 5. The number of rotatable bonds is 6. The van der Waals surface area contributed by atoms with Crippen molar-refractivity contribution in [2.45, 2.75) is 24.0 Å². The van der Waals surface area contributed by atoms with Crippen LogP contribution in [0.4, 0.5) is 11.5 Å². The van der Waals surface area contributed by atoms with E-state index in [1.54, 1.807) is 23.6 Å². The van der Waals surface area contributed by atoms with Crippen molar-refractivity contribution >= 4 is 35.1 Å². The third-order valence-electron chi connectivity index (χ3n) is 4.90. The summed E-state index contributed by atoms with van der Waals surface area (Å²) < 4.78 is 6.92. The van der Waals surface area contributed by atoms with Crippen LogP contribution in [0.25, 0.3) is 11.1 Å². The van der Waals surface area contributed by atoms with Gasteiger partial charge in [-0.15, -0.1) is 11.8 Å². The van der Waals surface area contributed by atoms with E-state index in [2.05, 4.69) is 15.7 Å². The van der Waals surface area contributed by atoms with E-state index in [0.717, 1.165) is 16.0 Å². The summed E-state index contributed by atoms with van der Waals surface area (Å²) in [6.45, 7) is 0.268. The Bertz CT molecular complexity index is 1080. The highest BCUT2D eigenvalue weighted by atomic mass is 32.2. The van der Waals surface area contributed by atoms with E-state index in [-0.39, 0.29) is 24.8 Å². The second-order valence-corrected chi connectivity index (χ2v) is 7.78. The van der Waals surface area contributed by atoms with Crippen LogP contribution in [0.5, 0.6) is 0 Å². The van der Waals surface area contributed by atoms with Crippen LogP contribution in [0.15, 0.2) is 59.5 Å². The van der Waals surface area contributed by atoms with Crippen molar-refractivity contribution in [2.75, 3.05) is 24.0 Å². The third-order valence-corrected chi connectivity index (χ3v) is 5.62.